The number of piperidine rings is 1. The summed E-state index contributed by atoms with van der Waals surface area (Å²) >= 11 is 1.45. The lowest BCUT2D eigenvalue weighted by atomic mass is 9.98. The summed E-state index contributed by atoms with van der Waals surface area (Å²) in [7, 11) is -3.68. The molecule has 0 radical (unpaired) electrons. The zero-order valence-electron chi connectivity index (χ0n) is 21.3. The number of hydrogen-bond acceptors (Lipinski definition) is 7. The molecule has 2 atom stereocenters. The molecule has 1 aromatic heterocycles. The molecule has 0 spiro atoms. The zero-order valence-corrected chi connectivity index (χ0v) is 22.9. The molecule has 2 aliphatic heterocycles. The first kappa shape index (κ1) is 26.1. The second-order valence-corrected chi connectivity index (χ2v) is 12.6. The maximum absolute atomic E-state index is 14.0. The maximum atomic E-state index is 14.0. The minimum atomic E-state index is -3.68. The van der Waals surface area contributed by atoms with Crippen molar-refractivity contribution < 1.29 is 22.7 Å². The summed E-state index contributed by atoms with van der Waals surface area (Å²) in [5.74, 6) is 0.144. The van der Waals surface area contributed by atoms with Gasteiger partial charge in [0.2, 0.25) is 15.9 Å². The molecule has 0 aliphatic carbocycles. The summed E-state index contributed by atoms with van der Waals surface area (Å²) < 4.78 is 40.8. The van der Waals surface area contributed by atoms with E-state index in [0.29, 0.717) is 50.0 Å². The maximum Gasteiger partial charge on any atom is 0.243 e. The van der Waals surface area contributed by atoms with Crippen molar-refractivity contribution in [2.45, 2.75) is 50.5 Å². The van der Waals surface area contributed by atoms with Crippen LogP contribution < -0.4 is 9.64 Å². The largest absolute Gasteiger partial charge is 0.492 e. The fraction of sp³-hybridized carbons (Fsp3) is 0.481. The predicted molar refractivity (Wildman–Crippen MR) is 145 cm³/mol. The number of fused-ring (bicyclic) bond motifs is 1. The van der Waals surface area contributed by atoms with E-state index in [0.717, 1.165) is 28.6 Å². The first-order valence-corrected chi connectivity index (χ1v) is 15.1. The zero-order chi connectivity index (χ0) is 26.0. The van der Waals surface area contributed by atoms with Crippen molar-refractivity contribution in [1.82, 2.24) is 9.29 Å². The van der Waals surface area contributed by atoms with Gasteiger partial charge in [0.15, 0.2) is 5.13 Å². The topological polar surface area (TPSA) is 89.0 Å². The molecule has 37 heavy (non-hydrogen) atoms. The molecular weight excluding hydrogens is 510 g/mol. The lowest BCUT2D eigenvalue weighted by Crippen LogP contribution is -2.48. The fourth-order valence-corrected chi connectivity index (χ4v) is 7.52. The number of carbonyl (C=O) groups is 1. The second-order valence-electron chi connectivity index (χ2n) is 9.63. The van der Waals surface area contributed by atoms with Gasteiger partial charge >= 0.3 is 0 Å². The highest BCUT2D eigenvalue weighted by Crippen LogP contribution is 2.36. The van der Waals surface area contributed by atoms with Gasteiger partial charge in [0.05, 0.1) is 34.8 Å². The van der Waals surface area contributed by atoms with Crippen LogP contribution in [-0.2, 0) is 19.6 Å². The number of nitrogens with zero attached hydrogens (tertiary/aromatic N) is 3. The third kappa shape index (κ3) is 5.52. The Kier molecular flexibility index (Phi) is 7.80. The molecule has 3 aromatic rings. The van der Waals surface area contributed by atoms with Crippen LogP contribution >= 0.6 is 11.3 Å². The van der Waals surface area contributed by atoms with Crippen molar-refractivity contribution in [2.75, 3.05) is 37.7 Å². The SMILES string of the molecule is CCOc1cccc2sc(N(CC3CCCO3)C(=O)C3CCCN(S(=O)(=O)c4ccc(C)cc4)C3)nc12. The number of anilines is 1. The van der Waals surface area contributed by atoms with Gasteiger partial charge in [0.1, 0.15) is 11.3 Å². The second kappa shape index (κ2) is 11.1. The molecule has 0 bridgehead atoms. The number of ether oxygens (including phenoxy) is 2. The molecule has 10 heteroatoms. The average Bonchev–Trinajstić information content (AvgIpc) is 3.58. The number of thiazole rings is 1. The van der Waals surface area contributed by atoms with Gasteiger partial charge in [-0.25, -0.2) is 13.4 Å². The number of sulfonamides is 1. The van der Waals surface area contributed by atoms with Gasteiger partial charge in [0, 0.05) is 19.7 Å². The molecular formula is C27H33N3O5S2. The van der Waals surface area contributed by atoms with Crippen LogP contribution in [0.2, 0.25) is 0 Å². The summed E-state index contributed by atoms with van der Waals surface area (Å²) in [6, 6.07) is 12.7. The van der Waals surface area contributed by atoms with Gasteiger partial charge in [-0.15, -0.1) is 0 Å². The van der Waals surface area contributed by atoms with Gasteiger partial charge in [-0.1, -0.05) is 35.1 Å². The van der Waals surface area contributed by atoms with Gasteiger partial charge in [-0.2, -0.15) is 4.31 Å². The molecule has 2 unspecified atom stereocenters. The van der Waals surface area contributed by atoms with Crippen molar-refractivity contribution in [3.8, 4) is 5.75 Å². The minimum absolute atomic E-state index is 0.0571. The molecule has 198 valence electrons. The molecule has 2 fully saturated rings. The van der Waals surface area contributed by atoms with E-state index in [1.807, 2.05) is 32.0 Å². The van der Waals surface area contributed by atoms with Gasteiger partial charge in [0.25, 0.3) is 0 Å². The van der Waals surface area contributed by atoms with Crippen LogP contribution in [0.15, 0.2) is 47.4 Å². The Morgan fingerprint density at radius 2 is 2.00 bits per heavy atom. The van der Waals surface area contributed by atoms with Gasteiger partial charge in [-0.05, 0) is 63.8 Å². The Hall–Kier alpha value is -2.53. The lowest BCUT2D eigenvalue weighted by Gasteiger charge is -2.34. The number of benzene rings is 2. The molecule has 3 heterocycles. The highest BCUT2D eigenvalue weighted by atomic mass is 32.2. The van der Waals surface area contributed by atoms with Crippen molar-refractivity contribution >= 4 is 42.6 Å². The van der Waals surface area contributed by atoms with E-state index in [4.69, 9.17) is 14.5 Å². The first-order valence-electron chi connectivity index (χ1n) is 12.9. The van der Waals surface area contributed by atoms with E-state index in [1.54, 1.807) is 29.2 Å². The highest BCUT2D eigenvalue weighted by molar-refractivity contribution is 7.89. The van der Waals surface area contributed by atoms with Crippen LogP contribution in [0, 0.1) is 12.8 Å². The summed E-state index contributed by atoms with van der Waals surface area (Å²) in [6.45, 7) is 6.04. The van der Waals surface area contributed by atoms with E-state index in [2.05, 4.69) is 0 Å². The molecule has 2 aromatic carbocycles. The van der Waals surface area contributed by atoms with Gasteiger partial charge in [-0.3, -0.25) is 9.69 Å². The van der Waals surface area contributed by atoms with Crippen LogP contribution in [-0.4, -0.2) is 62.6 Å². The summed E-state index contributed by atoms with van der Waals surface area (Å²) in [5, 5.41) is 0.598. The van der Waals surface area contributed by atoms with E-state index in [9.17, 15) is 13.2 Å². The van der Waals surface area contributed by atoms with Crippen molar-refractivity contribution in [3.05, 3.63) is 48.0 Å². The standard InChI is InChI=1S/C27H33N3O5S2/c1-3-34-23-9-4-10-24-25(23)28-27(36-24)30(18-21-8-6-16-35-21)26(31)20-7-5-15-29(17-20)37(32,33)22-13-11-19(2)12-14-22/h4,9-14,20-21H,3,5-8,15-18H2,1-2H3. The quantitative estimate of drug-likeness (QED) is 0.412. The van der Waals surface area contributed by atoms with E-state index >= 15 is 0 Å². The van der Waals surface area contributed by atoms with Crippen LogP contribution in [0.4, 0.5) is 5.13 Å². The van der Waals surface area contributed by atoms with Crippen molar-refractivity contribution in [1.29, 1.82) is 0 Å². The van der Waals surface area contributed by atoms with Crippen LogP contribution in [0.1, 0.15) is 38.2 Å². The van der Waals surface area contributed by atoms with Crippen molar-refractivity contribution in [2.24, 2.45) is 5.92 Å². The molecule has 0 N–H and O–H groups in total. The Morgan fingerprint density at radius 1 is 1.19 bits per heavy atom. The van der Waals surface area contributed by atoms with E-state index in [-0.39, 0.29) is 23.5 Å². The number of hydrogen-bond donors (Lipinski definition) is 0. The number of amides is 1. The Morgan fingerprint density at radius 3 is 2.73 bits per heavy atom. The number of carbonyl (C=O) groups excluding carboxylic acids is 1. The number of aryl methyl sites for hydroxylation is 1. The molecule has 2 aliphatic rings. The summed E-state index contributed by atoms with van der Waals surface area (Å²) in [5.41, 5.74) is 1.74. The molecule has 8 nitrogen and oxygen atoms in total. The van der Waals surface area contributed by atoms with Crippen LogP contribution in [0.5, 0.6) is 5.75 Å². The first-order chi connectivity index (χ1) is 17.9. The Labute approximate surface area is 222 Å². The summed E-state index contributed by atoms with van der Waals surface area (Å²) in [6.07, 6.45) is 3.06. The predicted octanol–water partition coefficient (Wildman–Crippen LogP) is 4.62. The molecule has 2 saturated heterocycles. The van der Waals surface area contributed by atoms with Crippen LogP contribution in [0.25, 0.3) is 10.2 Å². The van der Waals surface area contributed by atoms with Gasteiger partial charge < -0.3 is 9.47 Å². The Bertz CT molecular complexity index is 1350. The highest BCUT2D eigenvalue weighted by Gasteiger charge is 2.37. The van der Waals surface area contributed by atoms with E-state index in [1.165, 1.54) is 15.6 Å². The third-order valence-corrected chi connectivity index (χ3v) is 9.89. The number of para-hydroxylation sites is 1. The van der Waals surface area contributed by atoms with Crippen LogP contribution in [0.3, 0.4) is 0 Å². The van der Waals surface area contributed by atoms with Crippen molar-refractivity contribution in [3.63, 3.8) is 0 Å². The monoisotopic (exact) mass is 543 g/mol. The average molecular weight is 544 g/mol. The fourth-order valence-electron chi connectivity index (χ4n) is 5.00. The van der Waals surface area contributed by atoms with E-state index < -0.39 is 15.9 Å². The third-order valence-electron chi connectivity index (χ3n) is 6.97. The minimum Gasteiger partial charge on any atom is -0.492 e. The molecule has 1 amide bonds. The number of rotatable bonds is 8. The lowest BCUT2D eigenvalue weighted by molar-refractivity contribution is -0.123. The Balaban J connectivity index is 1.42. The summed E-state index contributed by atoms with van der Waals surface area (Å²) in [4.78, 5) is 20.8. The molecule has 0 saturated carbocycles. The smallest absolute Gasteiger partial charge is 0.243 e. The normalized spacial score (nSPS) is 20.8. The molecule has 5 rings (SSSR count). The number of aromatic nitrogens is 1.